The number of aliphatic hydroxyl groups excluding tert-OH is 1. The lowest BCUT2D eigenvalue weighted by Gasteiger charge is -2.57. The van der Waals surface area contributed by atoms with Crippen LogP contribution in [-0.2, 0) is 12.0 Å². The van der Waals surface area contributed by atoms with Gasteiger partial charge in [-0.3, -0.25) is 0 Å². The maximum Gasteiger partial charge on any atom is 0.137 e. The maximum absolute atomic E-state index is 11.0. The summed E-state index contributed by atoms with van der Waals surface area (Å²) in [6.07, 6.45) is 12.1. The van der Waals surface area contributed by atoms with Crippen LogP contribution in [0.5, 0.6) is 5.75 Å². The molecule has 5 aliphatic rings. The molecule has 3 heteroatoms. The highest BCUT2D eigenvalue weighted by atomic mass is 16.5. The number of quaternary nitrogens is 1. The standard InChI is InChI=1S/C31H42NO2/c33-29(22-32(13-5-2-6-14-32)21-24-7-3-1-4-8-24)23-34-30-11-9-28(10-12-30)31-18-25-15-26(19-31)17-27(16-25)20-31/h1,3-4,7-12,25-27,29,33H,2,5-6,13-23H2/q+1. The molecular weight excluding hydrogens is 418 g/mol. The number of aliphatic hydroxyl groups is 1. The van der Waals surface area contributed by atoms with Crippen molar-refractivity contribution in [3.8, 4) is 5.75 Å². The maximum atomic E-state index is 11.0. The van der Waals surface area contributed by atoms with Gasteiger partial charge in [0, 0.05) is 5.56 Å². The van der Waals surface area contributed by atoms with Crippen molar-refractivity contribution in [2.45, 2.75) is 75.9 Å². The summed E-state index contributed by atoms with van der Waals surface area (Å²) in [7, 11) is 0. The molecule has 2 aromatic rings. The minimum absolute atomic E-state index is 0.380. The molecule has 5 fully saturated rings. The van der Waals surface area contributed by atoms with Crippen LogP contribution in [0.1, 0.15) is 68.9 Å². The highest BCUT2D eigenvalue weighted by Crippen LogP contribution is 2.60. The van der Waals surface area contributed by atoms with E-state index in [4.69, 9.17) is 4.74 Å². The van der Waals surface area contributed by atoms with E-state index in [1.807, 2.05) is 0 Å². The zero-order valence-corrected chi connectivity index (χ0v) is 20.7. The van der Waals surface area contributed by atoms with Crippen LogP contribution >= 0.6 is 0 Å². The molecule has 34 heavy (non-hydrogen) atoms. The summed E-state index contributed by atoms with van der Waals surface area (Å²) in [5.74, 6) is 3.82. The summed E-state index contributed by atoms with van der Waals surface area (Å²) in [6.45, 7) is 4.49. The Labute approximate surface area is 205 Å². The average molecular weight is 461 g/mol. The van der Waals surface area contributed by atoms with Crippen LogP contribution in [0.2, 0.25) is 0 Å². The van der Waals surface area contributed by atoms with E-state index >= 15 is 0 Å². The quantitative estimate of drug-likeness (QED) is 0.483. The Kier molecular flexibility index (Phi) is 6.20. The van der Waals surface area contributed by atoms with Crippen molar-refractivity contribution >= 4 is 0 Å². The molecule has 1 atom stereocenters. The summed E-state index contributed by atoms with van der Waals surface area (Å²) in [5, 5.41) is 11.0. The van der Waals surface area contributed by atoms with E-state index in [9.17, 15) is 5.11 Å². The second kappa shape index (κ2) is 9.32. The van der Waals surface area contributed by atoms with Gasteiger partial charge in [0.25, 0.3) is 0 Å². The second-order valence-electron chi connectivity index (χ2n) is 12.4. The van der Waals surface area contributed by atoms with Crippen molar-refractivity contribution in [1.29, 1.82) is 0 Å². The van der Waals surface area contributed by atoms with E-state index in [2.05, 4.69) is 54.6 Å². The first-order valence-electron chi connectivity index (χ1n) is 13.9. The topological polar surface area (TPSA) is 29.5 Å². The third kappa shape index (κ3) is 4.66. The fourth-order valence-corrected chi connectivity index (χ4v) is 8.62. The summed E-state index contributed by atoms with van der Waals surface area (Å²) in [5.41, 5.74) is 3.35. The van der Waals surface area contributed by atoms with Gasteiger partial charge in [-0.2, -0.15) is 0 Å². The molecule has 4 saturated carbocycles. The molecule has 1 aliphatic heterocycles. The van der Waals surface area contributed by atoms with Gasteiger partial charge < -0.3 is 14.3 Å². The molecule has 0 radical (unpaired) electrons. The first-order valence-corrected chi connectivity index (χ1v) is 13.9. The lowest BCUT2D eigenvalue weighted by molar-refractivity contribution is -0.947. The van der Waals surface area contributed by atoms with Gasteiger partial charge in [0.05, 0.1) is 13.1 Å². The summed E-state index contributed by atoms with van der Waals surface area (Å²) in [6, 6.07) is 19.8. The zero-order chi connectivity index (χ0) is 23.0. The largest absolute Gasteiger partial charge is 0.491 e. The molecule has 0 amide bonds. The number of hydrogen-bond acceptors (Lipinski definition) is 2. The Balaban J connectivity index is 1.07. The molecule has 7 rings (SSSR count). The van der Waals surface area contributed by atoms with Gasteiger partial charge >= 0.3 is 0 Å². The smallest absolute Gasteiger partial charge is 0.137 e. The van der Waals surface area contributed by atoms with Crippen molar-refractivity contribution in [3.05, 3.63) is 65.7 Å². The van der Waals surface area contributed by atoms with E-state index in [0.29, 0.717) is 12.0 Å². The predicted molar refractivity (Wildman–Crippen MR) is 137 cm³/mol. The minimum atomic E-state index is -0.440. The number of benzene rings is 2. The van der Waals surface area contributed by atoms with E-state index < -0.39 is 6.10 Å². The Morgan fingerprint density at radius 3 is 2.06 bits per heavy atom. The highest BCUT2D eigenvalue weighted by molar-refractivity contribution is 5.34. The van der Waals surface area contributed by atoms with Crippen LogP contribution < -0.4 is 4.74 Å². The van der Waals surface area contributed by atoms with Crippen LogP contribution in [0.3, 0.4) is 0 Å². The van der Waals surface area contributed by atoms with Crippen molar-refractivity contribution in [1.82, 2.24) is 0 Å². The normalized spacial score (nSPS) is 32.4. The number of ether oxygens (including phenoxy) is 1. The minimum Gasteiger partial charge on any atom is -0.491 e. The van der Waals surface area contributed by atoms with Crippen molar-refractivity contribution < 1.29 is 14.3 Å². The molecular formula is C31H42NO2+. The molecule has 2 aromatic carbocycles. The Bertz CT molecular complexity index is 912. The SMILES string of the molecule is OC(COc1ccc(C23CC4CC(CC(C4)C2)C3)cc1)C[N+]1(Cc2ccccc2)CCCCC1. The van der Waals surface area contributed by atoms with E-state index in [0.717, 1.165) is 54.2 Å². The van der Waals surface area contributed by atoms with Crippen LogP contribution in [-0.4, -0.2) is 41.9 Å². The van der Waals surface area contributed by atoms with Gasteiger partial charge in [-0.15, -0.1) is 0 Å². The van der Waals surface area contributed by atoms with Gasteiger partial charge in [0.15, 0.2) is 0 Å². The van der Waals surface area contributed by atoms with Gasteiger partial charge in [-0.05, 0) is 98.7 Å². The number of piperidine rings is 1. The van der Waals surface area contributed by atoms with Crippen molar-refractivity contribution in [2.24, 2.45) is 17.8 Å². The Morgan fingerprint density at radius 1 is 0.824 bits per heavy atom. The Morgan fingerprint density at radius 2 is 1.44 bits per heavy atom. The van der Waals surface area contributed by atoms with Crippen LogP contribution in [0.15, 0.2) is 54.6 Å². The number of rotatable bonds is 8. The average Bonchev–Trinajstić information content (AvgIpc) is 2.83. The van der Waals surface area contributed by atoms with Crippen molar-refractivity contribution in [2.75, 3.05) is 26.2 Å². The molecule has 0 spiro atoms. The van der Waals surface area contributed by atoms with Gasteiger partial charge in [0.1, 0.15) is 31.5 Å². The van der Waals surface area contributed by atoms with Gasteiger partial charge in [0.2, 0.25) is 0 Å². The fraction of sp³-hybridized carbons (Fsp3) is 0.613. The van der Waals surface area contributed by atoms with Gasteiger partial charge in [-0.1, -0.05) is 42.5 Å². The number of hydrogen-bond donors (Lipinski definition) is 1. The predicted octanol–water partition coefficient (Wildman–Crippen LogP) is 6.10. The molecule has 1 saturated heterocycles. The van der Waals surface area contributed by atoms with E-state index in [1.165, 1.54) is 63.4 Å². The fourth-order valence-electron chi connectivity index (χ4n) is 8.62. The highest BCUT2D eigenvalue weighted by Gasteiger charge is 2.51. The third-order valence-electron chi connectivity index (χ3n) is 9.67. The molecule has 0 aromatic heterocycles. The number of likely N-dealkylation sites (tertiary alicyclic amines) is 1. The first kappa shape index (κ1) is 22.6. The zero-order valence-electron chi connectivity index (χ0n) is 20.7. The lowest BCUT2D eigenvalue weighted by Crippen LogP contribution is -2.55. The molecule has 1 unspecified atom stereocenters. The monoisotopic (exact) mass is 460 g/mol. The summed E-state index contributed by atoms with van der Waals surface area (Å²) >= 11 is 0. The third-order valence-corrected chi connectivity index (χ3v) is 9.67. The van der Waals surface area contributed by atoms with Crippen LogP contribution in [0.25, 0.3) is 0 Å². The van der Waals surface area contributed by atoms with E-state index in [-0.39, 0.29) is 0 Å². The molecule has 182 valence electrons. The molecule has 4 bridgehead atoms. The molecule has 4 aliphatic carbocycles. The molecule has 1 heterocycles. The number of nitrogens with zero attached hydrogens (tertiary/aromatic N) is 1. The summed E-state index contributed by atoms with van der Waals surface area (Å²) in [4.78, 5) is 0. The first-order chi connectivity index (χ1) is 16.6. The van der Waals surface area contributed by atoms with Crippen LogP contribution in [0, 0.1) is 17.8 Å². The summed E-state index contributed by atoms with van der Waals surface area (Å²) < 4.78 is 7.10. The second-order valence-corrected chi connectivity index (χ2v) is 12.4. The lowest BCUT2D eigenvalue weighted by atomic mass is 9.48. The van der Waals surface area contributed by atoms with Crippen molar-refractivity contribution in [3.63, 3.8) is 0 Å². The van der Waals surface area contributed by atoms with Gasteiger partial charge in [-0.25, -0.2) is 0 Å². The van der Waals surface area contributed by atoms with E-state index in [1.54, 1.807) is 5.56 Å². The molecule has 1 N–H and O–H groups in total. The van der Waals surface area contributed by atoms with Crippen LogP contribution in [0.4, 0.5) is 0 Å². The Hall–Kier alpha value is -1.84. The molecule has 3 nitrogen and oxygen atoms in total.